The fourth-order valence-electron chi connectivity index (χ4n) is 1.03. The Balaban J connectivity index is 2.79. The van der Waals surface area contributed by atoms with Gasteiger partial charge in [0.15, 0.2) is 0 Å². The van der Waals surface area contributed by atoms with Gasteiger partial charge in [0.25, 0.3) is 0 Å². The third-order valence-corrected chi connectivity index (χ3v) is 4.86. The van der Waals surface area contributed by atoms with E-state index in [1.165, 1.54) is 6.22 Å². The summed E-state index contributed by atoms with van der Waals surface area (Å²) in [5.74, 6) is 0. The quantitative estimate of drug-likeness (QED) is 0.469. The molecule has 0 atom stereocenters. The van der Waals surface area contributed by atoms with Gasteiger partial charge in [0.2, 0.25) is 9.14 Å². The predicted octanol–water partition coefficient (Wildman–Crippen LogP) is 2.81. The van der Waals surface area contributed by atoms with Crippen molar-refractivity contribution in [1.29, 1.82) is 0 Å². The molecule has 1 aliphatic heterocycles. The molecule has 0 unspecified atom stereocenters. The Morgan fingerprint density at radius 3 is 1.56 bits per heavy atom. The number of rotatable bonds is 0. The van der Waals surface area contributed by atoms with Crippen molar-refractivity contribution in [2.24, 2.45) is 0 Å². The minimum absolute atomic E-state index is 0.810. The van der Waals surface area contributed by atoms with E-state index in [4.69, 9.17) is 0 Å². The minimum atomic E-state index is 0.810. The number of allylic oxidation sites excluding steroid dienone is 2. The third-order valence-electron chi connectivity index (χ3n) is 1.98. The van der Waals surface area contributed by atoms with Crippen molar-refractivity contribution in [2.45, 2.75) is 20.1 Å². The molecule has 1 heterocycles. The van der Waals surface area contributed by atoms with Crippen LogP contribution in [-0.2, 0) is 0 Å². The van der Waals surface area contributed by atoms with Crippen LogP contribution in [-0.4, -0.2) is 9.14 Å². The van der Waals surface area contributed by atoms with Gasteiger partial charge in [-0.25, -0.2) is 0 Å². The Labute approximate surface area is 84.1 Å². The lowest BCUT2D eigenvalue weighted by atomic mass is 9.60. The molecular weight excluding hydrogens is 335 g/mol. The Bertz CT molecular complexity index is 139. The van der Waals surface area contributed by atoms with E-state index in [-0.39, 0.29) is 0 Å². The number of halogens is 2. The highest BCUT2D eigenvalue weighted by molar-refractivity contribution is 14.1. The molecule has 0 aromatic rings. The molecule has 0 nitrogen and oxygen atoms in total. The van der Waals surface area contributed by atoms with Crippen molar-refractivity contribution >= 4 is 53.9 Å². The summed E-state index contributed by atoms with van der Waals surface area (Å²) in [5, 5.41) is 0. The minimum Gasteiger partial charge on any atom is -0.144 e. The maximum absolute atomic E-state index is 2.53. The van der Waals surface area contributed by atoms with Crippen molar-refractivity contribution in [2.75, 3.05) is 0 Å². The summed E-state index contributed by atoms with van der Waals surface area (Å²) >= 11 is 5.05. The van der Waals surface area contributed by atoms with Gasteiger partial charge in [-0.05, 0) is 0 Å². The first kappa shape index (κ1) is 8.43. The van der Waals surface area contributed by atoms with Crippen LogP contribution in [0, 0.1) is 0 Å². The van der Waals surface area contributed by atoms with Crippen molar-refractivity contribution in [3.63, 3.8) is 0 Å². The zero-order valence-electron chi connectivity index (χ0n) is 5.62. The zero-order valence-corrected chi connectivity index (χ0v) is 9.93. The highest BCUT2D eigenvalue weighted by atomic mass is 127. The lowest BCUT2D eigenvalue weighted by Gasteiger charge is -1.95. The van der Waals surface area contributed by atoms with Gasteiger partial charge >= 0.3 is 0 Å². The number of hydrogen-bond acceptors (Lipinski definition) is 0. The molecule has 0 radical (unpaired) electrons. The average Bonchev–Trinajstić information content (AvgIpc) is 1.98. The van der Waals surface area contributed by atoms with Crippen LogP contribution in [0.4, 0.5) is 0 Å². The van der Waals surface area contributed by atoms with E-state index >= 15 is 0 Å². The Hall–Kier alpha value is 1.33. The molecule has 4 heteroatoms. The first-order chi connectivity index (χ1) is 4.13. The first-order valence-electron chi connectivity index (χ1n) is 3.08. The second-order valence-corrected chi connectivity index (χ2v) is 5.54. The Morgan fingerprint density at radius 2 is 1.44 bits per heavy atom. The highest BCUT2D eigenvalue weighted by Gasteiger charge is 2.30. The Morgan fingerprint density at radius 1 is 1.11 bits per heavy atom. The van der Waals surface area contributed by atoms with Crippen molar-refractivity contribution in [1.82, 2.24) is 0 Å². The zero-order chi connectivity index (χ0) is 7.02. The summed E-state index contributed by atoms with van der Waals surface area (Å²) in [5.41, 5.74) is 3.21. The second-order valence-electron chi connectivity index (χ2n) is 2.54. The van der Waals surface area contributed by atoms with Gasteiger partial charge in [-0.2, -0.15) is 0 Å². The van der Waals surface area contributed by atoms with Gasteiger partial charge in [-0.3, -0.25) is 0 Å². The summed E-state index contributed by atoms with van der Waals surface area (Å²) in [6.45, 7) is 4.51. The lowest BCUT2D eigenvalue weighted by molar-refractivity contribution is 1.53. The summed E-state index contributed by atoms with van der Waals surface area (Å²) in [6, 6.07) is 0. The molecule has 1 rings (SSSR count). The van der Waals surface area contributed by atoms with Gasteiger partial charge < -0.3 is 0 Å². The topological polar surface area (TPSA) is 0 Å². The van der Waals surface area contributed by atoms with E-state index in [0.29, 0.717) is 0 Å². The summed E-state index contributed by atoms with van der Waals surface area (Å²) in [6.07, 6.45) is 1.35. The molecule has 0 amide bonds. The van der Waals surface area contributed by atoms with Crippen LogP contribution in [0.15, 0.2) is 10.9 Å². The van der Waals surface area contributed by atoms with Crippen LogP contribution in [0.25, 0.3) is 0 Å². The SMILES string of the molecule is CC1=C(C)B(I)CB1I. The van der Waals surface area contributed by atoms with E-state index in [0.717, 1.165) is 9.14 Å². The molecule has 0 saturated heterocycles. The smallest absolute Gasteiger partial charge is 0.144 e. The maximum atomic E-state index is 2.53. The molecule has 0 aromatic carbocycles. The van der Waals surface area contributed by atoms with Crippen molar-refractivity contribution in [3.8, 4) is 0 Å². The molecule has 1 aliphatic rings. The standard InChI is InChI=1S/C5H8B2I2/c1-4-5(2)7(9)3-6(4)8/h3H2,1-2H3. The van der Waals surface area contributed by atoms with E-state index in [1.54, 1.807) is 10.9 Å². The molecular formula is C5H8B2I2. The lowest BCUT2D eigenvalue weighted by Crippen LogP contribution is -2.03. The monoisotopic (exact) mass is 344 g/mol. The van der Waals surface area contributed by atoms with Crippen LogP contribution in [0.5, 0.6) is 0 Å². The summed E-state index contributed by atoms with van der Waals surface area (Å²) in [4.78, 5) is 0. The predicted molar refractivity (Wildman–Crippen MR) is 62.7 cm³/mol. The van der Waals surface area contributed by atoms with Gasteiger partial charge in [-0.15, -0.1) is 55.7 Å². The highest BCUT2D eigenvalue weighted by Crippen LogP contribution is 2.31. The van der Waals surface area contributed by atoms with Crippen LogP contribution in [0.2, 0.25) is 6.22 Å². The molecule has 0 spiro atoms. The van der Waals surface area contributed by atoms with Crippen LogP contribution < -0.4 is 0 Å². The van der Waals surface area contributed by atoms with E-state index in [9.17, 15) is 0 Å². The first-order valence-corrected chi connectivity index (χ1v) is 5.57. The summed E-state index contributed by atoms with van der Waals surface area (Å²) in [7, 11) is 0. The fourth-order valence-corrected chi connectivity index (χ4v) is 4.00. The molecule has 0 bridgehead atoms. The largest absolute Gasteiger partial charge is 0.238 e. The average molecular weight is 344 g/mol. The molecule has 0 aromatic heterocycles. The second kappa shape index (κ2) is 3.15. The normalized spacial score (nSPS) is 20.0. The van der Waals surface area contributed by atoms with Gasteiger partial charge in [0.1, 0.15) is 0 Å². The molecule has 48 valence electrons. The van der Waals surface area contributed by atoms with Crippen molar-refractivity contribution in [3.05, 3.63) is 10.9 Å². The molecule has 0 saturated carbocycles. The fraction of sp³-hybridized carbons (Fsp3) is 0.600. The van der Waals surface area contributed by atoms with E-state index in [2.05, 4.69) is 58.6 Å². The van der Waals surface area contributed by atoms with Crippen LogP contribution in [0.1, 0.15) is 13.8 Å². The van der Waals surface area contributed by atoms with Crippen molar-refractivity contribution < 1.29 is 0 Å². The van der Waals surface area contributed by atoms with Gasteiger partial charge in [-0.1, -0.05) is 20.1 Å². The van der Waals surface area contributed by atoms with Gasteiger partial charge in [0.05, 0.1) is 0 Å². The molecule has 9 heavy (non-hydrogen) atoms. The third kappa shape index (κ3) is 1.67. The van der Waals surface area contributed by atoms with Crippen LogP contribution in [0.3, 0.4) is 0 Å². The molecule has 0 fully saturated rings. The molecule has 0 aliphatic carbocycles. The Kier molecular flexibility index (Phi) is 2.95. The summed E-state index contributed by atoms with van der Waals surface area (Å²) < 4.78 is 1.62. The number of hydrogen-bond donors (Lipinski definition) is 0. The molecule has 0 N–H and O–H groups in total. The van der Waals surface area contributed by atoms with Crippen LogP contribution >= 0.6 is 44.7 Å². The van der Waals surface area contributed by atoms with E-state index in [1.807, 2.05) is 0 Å². The van der Waals surface area contributed by atoms with E-state index < -0.39 is 0 Å². The van der Waals surface area contributed by atoms with Gasteiger partial charge in [0, 0.05) is 0 Å². The maximum Gasteiger partial charge on any atom is 0.238 e.